The van der Waals surface area contributed by atoms with Gasteiger partial charge in [0.15, 0.2) is 5.75 Å². The summed E-state index contributed by atoms with van der Waals surface area (Å²) >= 11 is 8.96. The van der Waals surface area contributed by atoms with Crippen molar-refractivity contribution in [3.05, 3.63) is 56.8 Å². The van der Waals surface area contributed by atoms with E-state index in [1.54, 1.807) is 6.07 Å². The second kappa shape index (κ2) is 6.05. The van der Waals surface area contributed by atoms with E-state index in [1.165, 1.54) is 24.3 Å². The van der Waals surface area contributed by atoms with Crippen molar-refractivity contribution in [1.82, 2.24) is 4.72 Å². The maximum Gasteiger partial charge on any atom is 0.244 e. The second-order valence-electron chi connectivity index (χ2n) is 5.23. The third-order valence-corrected chi connectivity index (χ3v) is 6.49. The molecule has 1 aliphatic rings. The molecule has 0 aliphatic heterocycles. The lowest BCUT2D eigenvalue weighted by atomic mass is 10.1. The topological polar surface area (TPSA) is 66.4 Å². The number of hydrogen-bond acceptors (Lipinski definition) is 3. The minimum absolute atomic E-state index is 0.0375. The molecule has 3 rings (SSSR count). The highest BCUT2D eigenvalue weighted by Crippen LogP contribution is 2.38. The minimum Gasteiger partial charge on any atom is -0.505 e. The number of para-hydroxylation sites is 1. The standard InChI is InChI=1S/C15H12BrClFNO3S/c16-14-9-5-7-12(8(9)4-6-11(14)18)19-23(21,22)13-3-1-2-10(17)15(13)20/h1-4,6,12,19-20H,5,7H2. The van der Waals surface area contributed by atoms with Gasteiger partial charge in [0.05, 0.1) is 9.50 Å². The highest BCUT2D eigenvalue weighted by atomic mass is 79.9. The van der Waals surface area contributed by atoms with E-state index in [1.807, 2.05) is 0 Å². The van der Waals surface area contributed by atoms with E-state index >= 15 is 0 Å². The number of nitrogens with one attached hydrogen (secondary N) is 1. The van der Waals surface area contributed by atoms with Gasteiger partial charge in [0.25, 0.3) is 0 Å². The molecule has 0 heterocycles. The van der Waals surface area contributed by atoms with Gasteiger partial charge in [-0.25, -0.2) is 17.5 Å². The largest absolute Gasteiger partial charge is 0.505 e. The number of halogens is 3. The summed E-state index contributed by atoms with van der Waals surface area (Å²) in [5.41, 5.74) is 1.48. The van der Waals surface area contributed by atoms with Gasteiger partial charge in [-0.3, -0.25) is 0 Å². The van der Waals surface area contributed by atoms with Crippen molar-refractivity contribution in [2.24, 2.45) is 0 Å². The first-order valence-electron chi connectivity index (χ1n) is 6.78. The summed E-state index contributed by atoms with van der Waals surface area (Å²) in [6.45, 7) is 0. The third kappa shape index (κ3) is 2.98. The minimum atomic E-state index is -3.96. The summed E-state index contributed by atoms with van der Waals surface area (Å²) in [4.78, 5) is -0.278. The predicted molar refractivity (Wildman–Crippen MR) is 88.6 cm³/mol. The number of rotatable bonds is 3. The molecule has 1 atom stereocenters. The molecule has 0 bridgehead atoms. The third-order valence-electron chi connectivity index (χ3n) is 3.83. The van der Waals surface area contributed by atoms with Crippen LogP contribution in [0, 0.1) is 5.82 Å². The van der Waals surface area contributed by atoms with Crippen LogP contribution in [-0.4, -0.2) is 13.5 Å². The van der Waals surface area contributed by atoms with Crippen molar-refractivity contribution < 1.29 is 17.9 Å². The molecule has 0 radical (unpaired) electrons. The average molecular weight is 421 g/mol. The number of sulfonamides is 1. The van der Waals surface area contributed by atoms with Crippen LogP contribution in [0.5, 0.6) is 5.75 Å². The summed E-state index contributed by atoms with van der Waals surface area (Å²) in [7, 11) is -3.96. The number of phenolic OH excluding ortho intramolecular Hbond substituents is 1. The number of phenols is 1. The van der Waals surface area contributed by atoms with Crippen molar-refractivity contribution in [2.45, 2.75) is 23.8 Å². The zero-order valence-corrected chi connectivity index (χ0v) is 14.8. The van der Waals surface area contributed by atoms with E-state index in [0.29, 0.717) is 17.3 Å². The molecule has 8 heteroatoms. The molecule has 23 heavy (non-hydrogen) atoms. The first-order chi connectivity index (χ1) is 10.8. The lowest BCUT2D eigenvalue weighted by Gasteiger charge is -2.16. The Balaban J connectivity index is 1.95. The Labute approximate surface area is 146 Å². The Hall–Kier alpha value is -1.15. The molecule has 1 aliphatic carbocycles. The summed E-state index contributed by atoms with van der Waals surface area (Å²) < 4.78 is 41.5. The van der Waals surface area contributed by atoms with E-state index in [4.69, 9.17) is 11.6 Å². The summed E-state index contributed by atoms with van der Waals surface area (Å²) in [6.07, 6.45) is 1.07. The fourth-order valence-corrected chi connectivity index (χ4v) is 4.88. The maximum atomic E-state index is 13.6. The van der Waals surface area contributed by atoms with Crippen molar-refractivity contribution in [1.29, 1.82) is 0 Å². The van der Waals surface area contributed by atoms with Crippen LogP contribution in [0.4, 0.5) is 4.39 Å². The number of aromatic hydroxyl groups is 1. The molecule has 2 N–H and O–H groups in total. The smallest absolute Gasteiger partial charge is 0.244 e. The number of fused-ring (bicyclic) bond motifs is 1. The average Bonchev–Trinajstić information content (AvgIpc) is 2.88. The molecule has 0 saturated heterocycles. The van der Waals surface area contributed by atoms with Gasteiger partial charge in [0, 0.05) is 6.04 Å². The SMILES string of the molecule is O=S(=O)(NC1CCc2c1ccc(F)c2Br)c1cccc(Cl)c1O. The van der Waals surface area contributed by atoms with Crippen LogP contribution >= 0.6 is 27.5 Å². The molecule has 0 saturated carbocycles. The normalized spacial score (nSPS) is 17.3. The fraction of sp³-hybridized carbons (Fsp3) is 0.200. The van der Waals surface area contributed by atoms with Crippen LogP contribution in [0.25, 0.3) is 0 Å². The lowest BCUT2D eigenvalue weighted by Crippen LogP contribution is -2.27. The molecule has 2 aromatic carbocycles. The molecule has 0 spiro atoms. The Morgan fingerprint density at radius 1 is 1.30 bits per heavy atom. The molecule has 1 unspecified atom stereocenters. The second-order valence-corrected chi connectivity index (χ2v) is 8.11. The summed E-state index contributed by atoms with van der Waals surface area (Å²) in [5.74, 6) is -0.861. The fourth-order valence-electron chi connectivity index (χ4n) is 2.72. The first-order valence-corrected chi connectivity index (χ1v) is 9.43. The van der Waals surface area contributed by atoms with E-state index in [2.05, 4.69) is 20.7 Å². The Kier molecular flexibility index (Phi) is 4.39. The zero-order valence-electron chi connectivity index (χ0n) is 11.7. The van der Waals surface area contributed by atoms with Crippen molar-refractivity contribution in [3.63, 3.8) is 0 Å². The molecule has 0 aromatic heterocycles. The molecular weight excluding hydrogens is 409 g/mol. The van der Waals surface area contributed by atoms with Gasteiger partial charge in [-0.2, -0.15) is 0 Å². The molecule has 0 amide bonds. The van der Waals surface area contributed by atoms with Crippen molar-refractivity contribution >= 4 is 37.6 Å². The number of hydrogen-bond donors (Lipinski definition) is 2. The van der Waals surface area contributed by atoms with Gasteiger partial charge in [-0.1, -0.05) is 23.7 Å². The highest BCUT2D eigenvalue weighted by Gasteiger charge is 2.31. The van der Waals surface area contributed by atoms with Crippen LogP contribution in [0.3, 0.4) is 0 Å². The molecule has 4 nitrogen and oxygen atoms in total. The molecule has 2 aromatic rings. The summed E-state index contributed by atoms with van der Waals surface area (Å²) in [5, 5.41) is 9.84. The van der Waals surface area contributed by atoms with Crippen LogP contribution in [0.15, 0.2) is 39.7 Å². The van der Waals surface area contributed by atoms with Crippen LogP contribution in [0.2, 0.25) is 5.02 Å². The van der Waals surface area contributed by atoms with E-state index in [9.17, 15) is 17.9 Å². The predicted octanol–water partition coefficient (Wildman–Crippen LogP) is 3.91. The maximum absolute atomic E-state index is 13.6. The monoisotopic (exact) mass is 419 g/mol. The quantitative estimate of drug-likeness (QED) is 0.791. The van der Waals surface area contributed by atoms with Gasteiger partial charge >= 0.3 is 0 Å². The van der Waals surface area contributed by atoms with Crippen LogP contribution in [0.1, 0.15) is 23.6 Å². The van der Waals surface area contributed by atoms with Crippen LogP contribution in [-0.2, 0) is 16.4 Å². The Bertz CT molecular complexity index is 889. The molecular formula is C15H12BrClFNO3S. The van der Waals surface area contributed by atoms with Gasteiger partial charge < -0.3 is 5.11 Å². The van der Waals surface area contributed by atoms with Crippen molar-refractivity contribution in [2.75, 3.05) is 0 Å². The van der Waals surface area contributed by atoms with Gasteiger partial charge in [-0.05, 0) is 58.1 Å². The van der Waals surface area contributed by atoms with Gasteiger partial charge in [0.2, 0.25) is 10.0 Å². The van der Waals surface area contributed by atoms with E-state index in [-0.39, 0.29) is 15.7 Å². The highest BCUT2D eigenvalue weighted by molar-refractivity contribution is 9.10. The Morgan fingerprint density at radius 3 is 2.78 bits per heavy atom. The summed E-state index contributed by atoms with van der Waals surface area (Å²) in [6, 6.07) is 6.52. The van der Waals surface area contributed by atoms with E-state index in [0.717, 1.165) is 11.1 Å². The molecule has 0 fully saturated rings. The first kappa shape index (κ1) is 16.7. The lowest BCUT2D eigenvalue weighted by molar-refractivity contribution is 0.457. The number of benzene rings is 2. The molecule has 122 valence electrons. The Morgan fingerprint density at radius 2 is 2.04 bits per heavy atom. The van der Waals surface area contributed by atoms with Crippen molar-refractivity contribution in [3.8, 4) is 5.75 Å². The van der Waals surface area contributed by atoms with Crippen LogP contribution < -0.4 is 4.72 Å². The zero-order chi connectivity index (χ0) is 16.8. The van der Waals surface area contributed by atoms with E-state index < -0.39 is 21.8 Å². The van der Waals surface area contributed by atoms with Gasteiger partial charge in [0.1, 0.15) is 10.7 Å². The van der Waals surface area contributed by atoms with Gasteiger partial charge in [-0.15, -0.1) is 0 Å².